The highest BCUT2D eigenvalue weighted by molar-refractivity contribution is 7.91. The summed E-state index contributed by atoms with van der Waals surface area (Å²) in [5, 5.41) is 12.1. The van der Waals surface area contributed by atoms with Crippen LogP contribution in [0.15, 0.2) is 18.2 Å². The summed E-state index contributed by atoms with van der Waals surface area (Å²) in [5.74, 6) is -0.504. The molecule has 0 saturated carbocycles. The van der Waals surface area contributed by atoms with E-state index in [0.717, 1.165) is 0 Å². The fraction of sp³-hybridized carbons (Fsp3) is 0.533. The van der Waals surface area contributed by atoms with Crippen LogP contribution in [0.1, 0.15) is 49.2 Å². The van der Waals surface area contributed by atoms with E-state index < -0.39 is 21.4 Å². The molecule has 0 aromatic heterocycles. The number of carboxylic acids is 1. The highest BCUT2D eigenvalue weighted by Gasteiger charge is 2.34. The molecule has 1 atom stereocenters. The van der Waals surface area contributed by atoms with Crippen LogP contribution in [0, 0.1) is 0 Å². The molecule has 1 heterocycles. The number of aromatic carboxylic acids is 1. The van der Waals surface area contributed by atoms with Crippen molar-refractivity contribution in [3.63, 3.8) is 0 Å². The van der Waals surface area contributed by atoms with Crippen molar-refractivity contribution in [2.24, 2.45) is 0 Å². The fourth-order valence-electron chi connectivity index (χ4n) is 2.50. The molecule has 1 aliphatic heterocycles. The predicted molar refractivity (Wildman–Crippen MR) is 82.9 cm³/mol. The molecule has 1 aromatic carbocycles. The van der Waals surface area contributed by atoms with Crippen molar-refractivity contribution >= 4 is 15.8 Å². The van der Waals surface area contributed by atoms with Crippen molar-refractivity contribution in [1.29, 1.82) is 0 Å². The van der Waals surface area contributed by atoms with Gasteiger partial charge in [0.1, 0.15) is 11.4 Å². The molecule has 1 aromatic rings. The van der Waals surface area contributed by atoms with E-state index in [1.54, 1.807) is 19.1 Å². The minimum absolute atomic E-state index is 0.0641. The highest BCUT2D eigenvalue weighted by atomic mass is 32.2. The quantitative estimate of drug-likeness (QED) is 0.859. The van der Waals surface area contributed by atoms with Gasteiger partial charge in [0.2, 0.25) is 0 Å². The molecule has 0 bridgehead atoms. The fourth-order valence-corrected chi connectivity index (χ4v) is 3.16. The first-order valence-electron chi connectivity index (χ1n) is 7.13. The van der Waals surface area contributed by atoms with Crippen molar-refractivity contribution in [2.75, 3.05) is 11.6 Å². The number of carboxylic acid groups (broad SMARTS) is 1. The largest absolute Gasteiger partial charge is 0.487 e. The summed E-state index contributed by atoms with van der Waals surface area (Å²) in [6.07, 6.45) is 0.558. The SMILES string of the molecule is CCS(=O)(=O)CNC1CC(C)(C)Oc2ccc(C(=O)O)cc21. The molecular formula is C15H21NO5S. The van der Waals surface area contributed by atoms with Gasteiger partial charge in [-0.25, -0.2) is 13.2 Å². The molecule has 1 aliphatic rings. The first kappa shape index (κ1) is 16.8. The lowest BCUT2D eigenvalue weighted by Crippen LogP contribution is -2.41. The lowest BCUT2D eigenvalue weighted by Gasteiger charge is -2.38. The van der Waals surface area contributed by atoms with Crippen LogP contribution >= 0.6 is 0 Å². The monoisotopic (exact) mass is 327 g/mol. The van der Waals surface area contributed by atoms with Gasteiger partial charge in [0, 0.05) is 23.8 Å². The number of carbonyl (C=O) groups is 1. The zero-order chi connectivity index (χ0) is 16.5. The Bertz CT molecular complexity index is 681. The molecule has 122 valence electrons. The third-order valence-corrected chi connectivity index (χ3v) is 5.19. The minimum atomic E-state index is -3.15. The number of fused-ring (bicyclic) bond motifs is 1. The highest BCUT2D eigenvalue weighted by Crippen LogP contribution is 2.39. The zero-order valence-corrected chi connectivity index (χ0v) is 13.7. The Kier molecular flexibility index (Phi) is 4.49. The molecule has 1 unspecified atom stereocenters. The summed E-state index contributed by atoms with van der Waals surface area (Å²) in [5.41, 5.74) is 0.392. The summed E-state index contributed by atoms with van der Waals surface area (Å²) in [4.78, 5) is 11.1. The smallest absolute Gasteiger partial charge is 0.335 e. The molecule has 0 radical (unpaired) electrons. The lowest BCUT2D eigenvalue weighted by atomic mass is 9.89. The van der Waals surface area contributed by atoms with Gasteiger partial charge in [-0.2, -0.15) is 0 Å². The Hall–Kier alpha value is -1.60. The van der Waals surface area contributed by atoms with Crippen molar-refractivity contribution < 1.29 is 23.1 Å². The van der Waals surface area contributed by atoms with E-state index in [2.05, 4.69) is 5.32 Å². The van der Waals surface area contributed by atoms with E-state index in [1.807, 2.05) is 13.8 Å². The number of ether oxygens (including phenoxy) is 1. The predicted octanol–water partition coefficient (Wildman–Crippen LogP) is 1.97. The maximum Gasteiger partial charge on any atom is 0.335 e. The van der Waals surface area contributed by atoms with Crippen LogP contribution in [-0.2, 0) is 9.84 Å². The lowest BCUT2D eigenvalue weighted by molar-refractivity contribution is 0.0662. The summed E-state index contributed by atoms with van der Waals surface area (Å²) in [6.45, 7) is 5.44. The minimum Gasteiger partial charge on any atom is -0.487 e. The van der Waals surface area contributed by atoms with Gasteiger partial charge < -0.3 is 9.84 Å². The van der Waals surface area contributed by atoms with E-state index in [-0.39, 0.29) is 23.2 Å². The summed E-state index contributed by atoms with van der Waals surface area (Å²) >= 11 is 0. The number of hydrogen-bond donors (Lipinski definition) is 2. The van der Waals surface area contributed by atoms with Gasteiger partial charge >= 0.3 is 5.97 Å². The van der Waals surface area contributed by atoms with Crippen LogP contribution < -0.4 is 10.1 Å². The second kappa shape index (κ2) is 5.89. The second-order valence-electron chi connectivity index (χ2n) is 6.06. The Balaban J connectivity index is 2.34. The molecule has 0 fully saturated rings. The maximum absolute atomic E-state index is 11.7. The molecule has 2 N–H and O–H groups in total. The first-order valence-corrected chi connectivity index (χ1v) is 8.96. The molecule has 0 aliphatic carbocycles. The van der Waals surface area contributed by atoms with Crippen LogP contribution in [0.5, 0.6) is 5.75 Å². The van der Waals surface area contributed by atoms with Gasteiger partial charge in [0.05, 0.1) is 11.4 Å². The van der Waals surface area contributed by atoms with E-state index in [1.165, 1.54) is 6.07 Å². The normalized spacial score (nSPS) is 20.0. The number of rotatable bonds is 5. The summed E-state index contributed by atoms with van der Waals surface area (Å²) in [7, 11) is -3.15. The molecule has 22 heavy (non-hydrogen) atoms. The number of nitrogens with one attached hydrogen (secondary N) is 1. The van der Waals surface area contributed by atoms with Gasteiger partial charge in [-0.15, -0.1) is 0 Å². The first-order chi connectivity index (χ1) is 10.1. The zero-order valence-electron chi connectivity index (χ0n) is 12.9. The van der Waals surface area contributed by atoms with Crippen molar-refractivity contribution in [2.45, 2.75) is 38.8 Å². The summed E-state index contributed by atoms with van der Waals surface area (Å²) < 4.78 is 29.3. The van der Waals surface area contributed by atoms with Crippen LogP contribution in [0.4, 0.5) is 0 Å². The van der Waals surface area contributed by atoms with Crippen LogP contribution in [0.2, 0.25) is 0 Å². The van der Waals surface area contributed by atoms with Gasteiger partial charge in [-0.3, -0.25) is 5.32 Å². The molecule has 0 saturated heterocycles. The van der Waals surface area contributed by atoms with Crippen molar-refractivity contribution in [3.05, 3.63) is 29.3 Å². The van der Waals surface area contributed by atoms with Gasteiger partial charge in [-0.05, 0) is 32.0 Å². The average Bonchev–Trinajstić information content (AvgIpc) is 2.43. The Morgan fingerprint density at radius 1 is 1.45 bits per heavy atom. The maximum atomic E-state index is 11.7. The standard InChI is InChI=1S/C15H21NO5S/c1-4-22(19,20)9-16-12-8-15(2,3)21-13-6-5-10(14(17)18)7-11(12)13/h5-7,12,16H,4,8-9H2,1-3H3,(H,17,18). The molecule has 0 amide bonds. The van der Waals surface area contributed by atoms with Crippen LogP contribution in [0.3, 0.4) is 0 Å². The summed E-state index contributed by atoms with van der Waals surface area (Å²) in [6, 6.07) is 4.40. The molecule has 2 rings (SSSR count). The van der Waals surface area contributed by atoms with Crippen LogP contribution in [-0.4, -0.2) is 36.7 Å². The van der Waals surface area contributed by atoms with E-state index in [9.17, 15) is 13.2 Å². The number of benzene rings is 1. The Morgan fingerprint density at radius 2 is 2.14 bits per heavy atom. The number of hydrogen-bond acceptors (Lipinski definition) is 5. The average molecular weight is 327 g/mol. The van der Waals surface area contributed by atoms with Gasteiger partial charge in [-0.1, -0.05) is 6.92 Å². The molecule has 0 spiro atoms. The topological polar surface area (TPSA) is 92.7 Å². The number of sulfone groups is 1. The van der Waals surface area contributed by atoms with Crippen molar-refractivity contribution in [3.8, 4) is 5.75 Å². The molecule has 6 nitrogen and oxygen atoms in total. The Morgan fingerprint density at radius 3 is 2.73 bits per heavy atom. The third kappa shape index (κ3) is 3.78. The van der Waals surface area contributed by atoms with E-state index in [0.29, 0.717) is 17.7 Å². The molecule has 7 heteroatoms. The van der Waals surface area contributed by atoms with Gasteiger partial charge in [0.25, 0.3) is 0 Å². The second-order valence-corrected chi connectivity index (χ2v) is 8.41. The van der Waals surface area contributed by atoms with Crippen LogP contribution in [0.25, 0.3) is 0 Å². The third-order valence-electron chi connectivity index (χ3n) is 3.70. The Labute approximate surface area is 130 Å². The van der Waals surface area contributed by atoms with E-state index in [4.69, 9.17) is 9.84 Å². The van der Waals surface area contributed by atoms with E-state index >= 15 is 0 Å². The van der Waals surface area contributed by atoms with Crippen molar-refractivity contribution in [1.82, 2.24) is 5.32 Å². The molecular weight excluding hydrogens is 306 g/mol. The van der Waals surface area contributed by atoms with Gasteiger partial charge in [0.15, 0.2) is 9.84 Å².